The van der Waals surface area contributed by atoms with Crippen LogP contribution in [0.4, 0.5) is 11.4 Å². The van der Waals surface area contributed by atoms with Gasteiger partial charge in [-0.3, -0.25) is 9.71 Å². The van der Waals surface area contributed by atoms with Crippen LogP contribution in [0.5, 0.6) is 0 Å². The molecule has 5 rings (SSSR count). The molecule has 1 aliphatic heterocycles. The van der Waals surface area contributed by atoms with E-state index in [2.05, 4.69) is 72.5 Å². The molecule has 3 heterocycles. The van der Waals surface area contributed by atoms with Gasteiger partial charge >= 0.3 is 0 Å². The minimum absolute atomic E-state index is 0.183. The van der Waals surface area contributed by atoms with Crippen molar-refractivity contribution in [3.63, 3.8) is 0 Å². The molecule has 2 aromatic heterocycles. The average molecular weight is 611 g/mol. The number of hydrogen-bond acceptors (Lipinski definition) is 4. The van der Waals surface area contributed by atoms with Crippen molar-refractivity contribution in [1.29, 1.82) is 0 Å². The molecule has 196 valence electrons. The molecule has 0 amide bonds. The number of nitrogens with one attached hydrogen (secondary N) is 2. The first-order valence-electron chi connectivity index (χ1n) is 12.1. The van der Waals surface area contributed by atoms with Gasteiger partial charge in [0.15, 0.2) is 5.11 Å². The predicted octanol–water partition coefficient (Wildman–Crippen LogP) is 6.11. The van der Waals surface area contributed by atoms with Crippen LogP contribution in [0.25, 0.3) is 5.69 Å². The van der Waals surface area contributed by atoms with E-state index in [0.29, 0.717) is 10.8 Å². The molecule has 0 radical (unpaired) electrons. The van der Waals surface area contributed by atoms with Crippen LogP contribution < -0.4 is 14.9 Å². The molecule has 38 heavy (non-hydrogen) atoms. The van der Waals surface area contributed by atoms with Gasteiger partial charge < -0.3 is 14.8 Å². The Morgan fingerprint density at radius 3 is 2.45 bits per heavy atom. The fourth-order valence-corrected chi connectivity index (χ4v) is 6.52. The van der Waals surface area contributed by atoms with E-state index in [1.807, 2.05) is 49.4 Å². The van der Waals surface area contributed by atoms with Crippen molar-refractivity contribution < 1.29 is 8.42 Å². The second-order valence-electron chi connectivity index (χ2n) is 9.51. The lowest BCUT2D eigenvalue weighted by Gasteiger charge is -2.29. The van der Waals surface area contributed by atoms with Gasteiger partial charge in [0, 0.05) is 33.4 Å². The smallest absolute Gasteiger partial charge is 0.229 e. The first kappa shape index (κ1) is 26.4. The van der Waals surface area contributed by atoms with Gasteiger partial charge in [0.1, 0.15) is 0 Å². The molecule has 2 atom stereocenters. The highest BCUT2D eigenvalue weighted by atomic mass is 79.9. The SMILES string of the molecule is Cc1cc(N2C(=S)N[C@H](c3ccccn3)[C@H]2c2cc(C)n(-c3cccc(Br)c3)c2C)ccc1NS(C)(=O)=O. The molecule has 4 aromatic rings. The molecule has 1 aliphatic rings. The Morgan fingerprint density at radius 2 is 1.79 bits per heavy atom. The summed E-state index contributed by atoms with van der Waals surface area (Å²) in [6, 6.07) is 21.6. The number of nitrogens with zero attached hydrogens (tertiary/aromatic N) is 3. The van der Waals surface area contributed by atoms with E-state index in [4.69, 9.17) is 12.2 Å². The topological polar surface area (TPSA) is 79.3 Å². The Hall–Kier alpha value is -3.21. The van der Waals surface area contributed by atoms with Crippen LogP contribution in [0.2, 0.25) is 0 Å². The Balaban J connectivity index is 1.65. The number of aromatic nitrogens is 2. The Bertz CT molecular complexity index is 1640. The monoisotopic (exact) mass is 609 g/mol. The maximum absolute atomic E-state index is 11.8. The summed E-state index contributed by atoms with van der Waals surface area (Å²) in [6.07, 6.45) is 2.94. The van der Waals surface area contributed by atoms with E-state index in [-0.39, 0.29) is 12.1 Å². The minimum Gasteiger partial charge on any atom is -0.351 e. The number of hydrogen-bond donors (Lipinski definition) is 2. The van der Waals surface area contributed by atoms with Gasteiger partial charge in [0.2, 0.25) is 10.0 Å². The zero-order valence-electron chi connectivity index (χ0n) is 21.4. The van der Waals surface area contributed by atoms with Gasteiger partial charge in [0.05, 0.1) is 29.7 Å². The number of aryl methyl sites for hydroxylation is 2. The normalized spacial score (nSPS) is 17.5. The lowest BCUT2D eigenvalue weighted by Crippen LogP contribution is -2.29. The summed E-state index contributed by atoms with van der Waals surface area (Å²) < 4.78 is 29.5. The fraction of sp³-hybridized carbons (Fsp3) is 0.214. The third-order valence-corrected chi connectivity index (χ3v) is 8.14. The predicted molar refractivity (Wildman–Crippen MR) is 161 cm³/mol. The third-order valence-electron chi connectivity index (χ3n) is 6.74. The van der Waals surface area contributed by atoms with Crippen LogP contribution in [0.15, 0.2) is 77.4 Å². The van der Waals surface area contributed by atoms with E-state index in [9.17, 15) is 8.42 Å². The van der Waals surface area contributed by atoms with Crippen LogP contribution in [-0.4, -0.2) is 29.3 Å². The van der Waals surface area contributed by atoms with Crippen molar-refractivity contribution in [1.82, 2.24) is 14.9 Å². The summed E-state index contributed by atoms with van der Waals surface area (Å²) in [6.45, 7) is 6.12. The summed E-state index contributed by atoms with van der Waals surface area (Å²) in [5, 5.41) is 4.10. The standard InChI is InChI=1S/C28H28BrN5O2S2/c1-17-14-22(11-12-24(17)32-38(4,35)36)34-27(26(31-28(34)37)25-10-5-6-13-30-25)23-15-18(2)33(19(23)3)21-9-7-8-20(29)16-21/h5-16,26-27,32H,1-4H3,(H,31,37)/t26-,27-/m1/s1. The second kappa shape index (κ2) is 10.2. The van der Waals surface area contributed by atoms with Crippen molar-refractivity contribution in [3.05, 3.63) is 106 Å². The molecule has 2 N–H and O–H groups in total. The first-order valence-corrected chi connectivity index (χ1v) is 15.2. The molecule has 0 spiro atoms. The summed E-state index contributed by atoms with van der Waals surface area (Å²) in [4.78, 5) is 6.77. The van der Waals surface area contributed by atoms with Gasteiger partial charge in [-0.2, -0.15) is 0 Å². The number of halogens is 1. The number of rotatable bonds is 6. The minimum atomic E-state index is -3.39. The largest absolute Gasteiger partial charge is 0.351 e. The van der Waals surface area contributed by atoms with E-state index in [1.165, 1.54) is 0 Å². The summed E-state index contributed by atoms with van der Waals surface area (Å²) in [5.41, 5.74) is 7.52. The zero-order chi connectivity index (χ0) is 27.2. The lowest BCUT2D eigenvalue weighted by atomic mass is 9.96. The molecule has 1 saturated heterocycles. The van der Waals surface area contributed by atoms with E-state index in [1.54, 1.807) is 12.3 Å². The molecule has 0 saturated carbocycles. The van der Waals surface area contributed by atoms with Gasteiger partial charge in [-0.05, 0) is 98.7 Å². The van der Waals surface area contributed by atoms with E-state index in [0.717, 1.165) is 50.3 Å². The summed E-state index contributed by atoms with van der Waals surface area (Å²) in [7, 11) is -3.39. The zero-order valence-corrected chi connectivity index (χ0v) is 24.7. The average Bonchev–Trinajstić information content (AvgIpc) is 3.35. The lowest BCUT2D eigenvalue weighted by molar-refractivity contribution is 0.565. The summed E-state index contributed by atoms with van der Waals surface area (Å²) in [5.74, 6) is 0. The molecule has 10 heteroatoms. The molecule has 1 fully saturated rings. The molecule has 0 unspecified atom stereocenters. The molecule has 7 nitrogen and oxygen atoms in total. The van der Waals surface area contributed by atoms with Crippen molar-refractivity contribution >= 4 is 54.7 Å². The van der Waals surface area contributed by atoms with Crippen LogP contribution in [0.3, 0.4) is 0 Å². The second-order valence-corrected chi connectivity index (χ2v) is 12.6. The Kier molecular flexibility index (Phi) is 7.06. The van der Waals surface area contributed by atoms with Crippen molar-refractivity contribution in [2.24, 2.45) is 0 Å². The third kappa shape index (κ3) is 5.08. The maximum Gasteiger partial charge on any atom is 0.229 e. The van der Waals surface area contributed by atoms with Gasteiger partial charge in [0.25, 0.3) is 0 Å². The number of pyridine rings is 1. The molecular weight excluding hydrogens is 582 g/mol. The highest BCUT2D eigenvalue weighted by molar-refractivity contribution is 9.10. The van der Waals surface area contributed by atoms with Crippen molar-refractivity contribution in [3.8, 4) is 5.69 Å². The van der Waals surface area contributed by atoms with Crippen molar-refractivity contribution in [2.75, 3.05) is 15.9 Å². The van der Waals surface area contributed by atoms with Crippen LogP contribution in [-0.2, 0) is 10.0 Å². The van der Waals surface area contributed by atoms with Crippen LogP contribution in [0, 0.1) is 20.8 Å². The molecular formula is C28H28BrN5O2S2. The number of anilines is 2. The van der Waals surface area contributed by atoms with Crippen LogP contribution >= 0.6 is 28.1 Å². The first-order chi connectivity index (χ1) is 18.0. The van der Waals surface area contributed by atoms with Crippen molar-refractivity contribution in [2.45, 2.75) is 32.9 Å². The van der Waals surface area contributed by atoms with E-state index >= 15 is 0 Å². The summed E-state index contributed by atoms with van der Waals surface area (Å²) >= 11 is 9.50. The molecule has 2 aromatic carbocycles. The van der Waals surface area contributed by atoms with Gasteiger partial charge in [-0.25, -0.2) is 8.42 Å². The Labute approximate surface area is 237 Å². The Morgan fingerprint density at radius 1 is 1.00 bits per heavy atom. The van der Waals surface area contributed by atoms with Gasteiger partial charge in [-0.15, -0.1) is 0 Å². The van der Waals surface area contributed by atoms with E-state index < -0.39 is 10.0 Å². The maximum atomic E-state index is 11.8. The highest BCUT2D eigenvalue weighted by Gasteiger charge is 2.42. The molecule has 0 bridgehead atoms. The quantitative estimate of drug-likeness (QED) is 0.257. The number of benzene rings is 2. The van der Waals surface area contributed by atoms with Crippen LogP contribution in [0.1, 0.15) is 40.3 Å². The number of thiocarbonyl (C=S) groups is 1. The highest BCUT2D eigenvalue weighted by Crippen LogP contribution is 2.44. The number of sulfonamides is 1. The molecule has 0 aliphatic carbocycles. The van der Waals surface area contributed by atoms with Gasteiger partial charge in [-0.1, -0.05) is 28.1 Å². The fourth-order valence-electron chi connectivity index (χ4n) is 5.16.